The standard InChI is InChI=1S/C37H39ClN2O6/c1-5-7-8-9-24-43-35-33(46-37(42)28-14-16-29(38)17-15-28)23-22-32(34(35)44-26(4)6-2)40-39-30-18-20-31(21-19-30)45-36(41)27-12-10-25(3)11-13-27/h10-23,26H,5-9,24H2,1-4H3. The van der Waals surface area contributed by atoms with E-state index in [1.165, 1.54) is 0 Å². The van der Waals surface area contributed by atoms with Crippen molar-refractivity contribution < 1.29 is 28.5 Å². The van der Waals surface area contributed by atoms with E-state index in [1.807, 2.05) is 32.9 Å². The number of aryl methyl sites for hydroxylation is 1. The monoisotopic (exact) mass is 642 g/mol. The molecule has 46 heavy (non-hydrogen) atoms. The van der Waals surface area contributed by atoms with Gasteiger partial charge in [0.05, 0.1) is 29.5 Å². The third-order valence-electron chi connectivity index (χ3n) is 7.08. The quantitative estimate of drug-likeness (QED) is 0.0554. The summed E-state index contributed by atoms with van der Waals surface area (Å²) in [4.78, 5) is 25.5. The Labute approximate surface area is 275 Å². The zero-order valence-electron chi connectivity index (χ0n) is 26.6. The maximum Gasteiger partial charge on any atom is 0.343 e. The van der Waals surface area contributed by atoms with Crippen molar-refractivity contribution in [3.05, 3.63) is 107 Å². The molecule has 1 atom stereocenters. The summed E-state index contributed by atoms with van der Waals surface area (Å²) in [5.41, 5.74) is 2.81. The summed E-state index contributed by atoms with van der Waals surface area (Å²) in [5, 5.41) is 9.39. The van der Waals surface area contributed by atoms with Crippen molar-refractivity contribution >= 4 is 34.9 Å². The Morgan fingerprint density at radius 3 is 2.04 bits per heavy atom. The minimum absolute atomic E-state index is 0.180. The molecule has 0 heterocycles. The molecule has 9 heteroatoms. The summed E-state index contributed by atoms with van der Waals surface area (Å²) in [6.07, 6.45) is 4.57. The number of nitrogens with zero attached hydrogens (tertiary/aromatic N) is 2. The molecule has 0 bridgehead atoms. The number of unbranched alkanes of at least 4 members (excludes halogenated alkanes) is 3. The van der Waals surface area contributed by atoms with E-state index < -0.39 is 11.9 Å². The molecule has 0 spiro atoms. The zero-order valence-corrected chi connectivity index (χ0v) is 27.4. The number of rotatable bonds is 15. The molecule has 0 aliphatic rings. The molecule has 0 fully saturated rings. The van der Waals surface area contributed by atoms with Crippen LogP contribution in [0.25, 0.3) is 0 Å². The Hall–Kier alpha value is -4.69. The lowest BCUT2D eigenvalue weighted by Gasteiger charge is -2.20. The van der Waals surface area contributed by atoms with Gasteiger partial charge in [-0.3, -0.25) is 0 Å². The first-order valence-electron chi connectivity index (χ1n) is 15.5. The number of hydrogen-bond acceptors (Lipinski definition) is 8. The highest BCUT2D eigenvalue weighted by atomic mass is 35.5. The van der Waals surface area contributed by atoms with Gasteiger partial charge in [0.25, 0.3) is 0 Å². The maximum absolute atomic E-state index is 13.0. The first kappa shape index (κ1) is 34.2. The van der Waals surface area contributed by atoms with Crippen molar-refractivity contribution in [3.63, 3.8) is 0 Å². The fraction of sp³-hybridized carbons (Fsp3) is 0.297. The lowest BCUT2D eigenvalue weighted by molar-refractivity contribution is 0.0720. The van der Waals surface area contributed by atoms with Gasteiger partial charge in [-0.25, -0.2) is 9.59 Å². The van der Waals surface area contributed by atoms with Crippen LogP contribution in [0.15, 0.2) is 95.2 Å². The molecule has 0 amide bonds. The van der Waals surface area contributed by atoms with E-state index in [1.54, 1.807) is 72.8 Å². The van der Waals surface area contributed by atoms with Crippen LogP contribution in [0.5, 0.6) is 23.0 Å². The Kier molecular flexibility index (Phi) is 12.7. The van der Waals surface area contributed by atoms with Crippen LogP contribution in [0, 0.1) is 6.92 Å². The molecule has 0 radical (unpaired) electrons. The van der Waals surface area contributed by atoms with Crippen molar-refractivity contribution in [1.29, 1.82) is 0 Å². The molecule has 0 N–H and O–H groups in total. The van der Waals surface area contributed by atoms with E-state index in [4.69, 9.17) is 30.5 Å². The third kappa shape index (κ3) is 9.91. The molecule has 4 aromatic carbocycles. The van der Waals surface area contributed by atoms with Crippen LogP contribution in [0.3, 0.4) is 0 Å². The number of azo groups is 1. The largest absolute Gasteiger partial charge is 0.486 e. The molecule has 0 aliphatic heterocycles. The topological polar surface area (TPSA) is 95.8 Å². The molecule has 240 valence electrons. The van der Waals surface area contributed by atoms with Gasteiger partial charge in [-0.2, -0.15) is 5.11 Å². The van der Waals surface area contributed by atoms with Crippen LogP contribution in [-0.4, -0.2) is 24.6 Å². The van der Waals surface area contributed by atoms with Crippen LogP contribution in [-0.2, 0) is 0 Å². The van der Waals surface area contributed by atoms with Crippen molar-refractivity contribution in [1.82, 2.24) is 0 Å². The van der Waals surface area contributed by atoms with E-state index in [0.29, 0.717) is 45.6 Å². The van der Waals surface area contributed by atoms with Crippen molar-refractivity contribution in [2.75, 3.05) is 6.61 Å². The molecule has 4 aromatic rings. The summed E-state index contributed by atoms with van der Waals surface area (Å²) < 4.78 is 23.8. The number of hydrogen-bond donors (Lipinski definition) is 0. The fourth-order valence-corrected chi connectivity index (χ4v) is 4.35. The second-order valence-electron chi connectivity index (χ2n) is 10.8. The smallest absolute Gasteiger partial charge is 0.343 e. The molecule has 8 nitrogen and oxygen atoms in total. The molecule has 0 saturated heterocycles. The van der Waals surface area contributed by atoms with Crippen molar-refractivity contribution in [3.8, 4) is 23.0 Å². The molecule has 1 unspecified atom stereocenters. The first-order valence-corrected chi connectivity index (χ1v) is 15.9. The Balaban J connectivity index is 1.59. The molecule has 4 rings (SSSR count). The van der Waals surface area contributed by atoms with Gasteiger partial charge < -0.3 is 18.9 Å². The highest BCUT2D eigenvalue weighted by molar-refractivity contribution is 6.30. The highest BCUT2D eigenvalue weighted by Crippen LogP contribution is 2.46. The number of carbonyl (C=O) groups is 2. The van der Waals surface area contributed by atoms with Gasteiger partial charge in [-0.1, -0.05) is 62.4 Å². The van der Waals surface area contributed by atoms with E-state index in [9.17, 15) is 9.59 Å². The molecule has 0 aliphatic carbocycles. The summed E-state index contributed by atoms with van der Waals surface area (Å²) in [5.74, 6) is 0.218. The molecule has 0 saturated carbocycles. The van der Waals surface area contributed by atoms with Gasteiger partial charge in [0.15, 0.2) is 11.5 Å². The summed E-state index contributed by atoms with van der Waals surface area (Å²) >= 11 is 6.00. The average molecular weight is 643 g/mol. The lowest BCUT2D eigenvalue weighted by atomic mass is 10.1. The highest BCUT2D eigenvalue weighted by Gasteiger charge is 2.22. The van der Waals surface area contributed by atoms with Crippen LogP contribution < -0.4 is 18.9 Å². The van der Waals surface area contributed by atoms with Gasteiger partial charge in [0, 0.05) is 5.02 Å². The Morgan fingerprint density at radius 1 is 0.739 bits per heavy atom. The van der Waals surface area contributed by atoms with Crippen LogP contribution in [0.2, 0.25) is 5.02 Å². The van der Waals surface area contributed by atoms with Gasteiger partial charge >= 0.3 is 11.9 Å². The van der Waals surface area contributed by atoms with Crippen LogP contribution in [0.4, 0.5) is 11.4 Å². The lowest BCUT2D eigenvalue weighted by Crippen LogP contribution is -2.13. The normalized spacial score (nSPS) is 11.7. The van der Waals surface area contributed by atoms with Crippen LogP contribution >= 0.6 is 11.6 Å². The van der Waals surface area contributed by atoms with E-state index >= 15 is 0 Å². The average Bonchev–Trinajstić information content (AvgIpc) is 3.06. The third-order valence-corrected chi connectivity index (χ3v) is 7.34. The molecular weight excluding hydrogens is 604 g/mol. The van der Waals surface area contributed by atoms with Gasteiger partial charge in [0.1, 0.15) is 11.4 Å². The number of benzene rings is 4. The van der Waals surface area contributed by atoms with Crippen molar-refractivity contribution in [2.24, 2.45) is 10.2 Å². The fourth-order valence-electron chi connectivity index (χ4n) is 4.22. The first-order chi connectivity index (χ1) is 22.3. The predicted octanol–water partition coefficient (Wildman–Crippen LogP) is 10.6. The summed E-state index contributed by atoms with van der Waals surface area (Å²) in [6.45, 7) is 8.46. The van der Waals surface area contributed by atoms with Gasteiger partial charge in [0.2, 0.25) is 5.75 Å². The molecule has 0 aromatic heterocycles. The number of halogens is 1. The Bertz CT molecular complexity index is 1620. The predicted molar refractivity (Wildman–Crippen MR) is 180 cm³/mol. The summed E-state index contributed by atoms with van der Waals surface area (Å²) in [7, 11) is 0. The van der Waals surface area contributed by atoms with Crippen LogP contribution in [0.1, 0.15) is 79.2 Å². The minimum Gasteiger partial charge on any atom is -0.486 e. The summed E-state index contributed by atoms with van der Waals surface area (Å²) in [6, 6.07) is 23.6. The zero-order chi connectivity index (χ0) is 32.9. The molecular formula is C37H39ClN2O6. The number of esters is 2. The Morgan fingerprint density at radius 2 is 1.39 bits per heavy atom. The van der Waals surface area contributed by atoms with Crippen molar-refractivity contribution in [2.45, 2.75) is 65.9 Å². The number of carbonyl (C=O) groups excluding carboxylic acids is 2. The second kappa shape index (κ2) is 17.1. The minimum atomic E-state index is -0.556. The van der Waals surface area contributed by atoms with E-state index in [2.05, 4.69) is 17.2 Å². The van der Waals surface area contributed by atoms with E-state index in [0.717, 1.165) is 37.7 Å². The SMILES string of the molecule is CCCCCCOc1c(OC(=O)c2ccc(Cl)cc2)ccc(N=Nc2ccc(OC(=O)c3ccc(C)cc3)cc2)c1OC(C)CC. The van der Waals surface area contributed by atoms with Gasteiger partial charge in [-0.05, 0) is 99.5 Å². The maximum atomic E-state index is 13.0. The van der Waals surface area contributed by atoms with E-state index in [-0.39, 0.29) is 17.6 Å². The second-order valence-corrected chi connectivity index (χ2v) is 11.3. The number of ether oxygens (including phenoxy) is 4. The van der Waals surface area contributed by atoms with Gasteiger partial charge in [-0.15, -0.1) is 5.11 Å².